The van der Waals surface area contributed by atoms with Crippen LogP contribution in [0.4, 0.5) is 0 Å². The van der Waals surface area contributed by atoms with E-state index in [0.29, 0.717) is 17.0 Å². The van der Waals surface area contributed by atoms with Crippen LogP contribution in [0.25, 0.3) is 5.69 Å². The molecular weight excluding hydrogens is 390 g/mol. The fourth-order valence-electron chi connectivity index (χ4n) is 4.11. The van der Waals surface area contributed by atoms with Crippen molar-refractivity contribution in [1.82, 2.24) is 25.0 Å². The van der Waals surface area contributed by atoms with Crippen LogP contribution in [0, 0.1) is 13.8 Å². The Bertz CT molecular complexity index is 1050. The number of para-hydroxylation sites is 1. The predicted molar refractivity (Wildman–Crippen MR) is 118 cm³/mol. The molecule has 1 N–H and O–H groups in total. The average Bonchev–Trinajstić information content (AvgIpc) is 3.09. The van der Waals surface area contributed by atoms with Crippen molar-refractivity contribution in [1.29, 1.82) is 0 Å². The number of rotatable bonds is 6. The van der Waals surface area contributed by atoms with Crippen molar-refractivity contribution in [2.24, 2.45) is 0 Å². The van der Waals surface area contributed by atoms with E-state index in [4.69, 9.17) is 0 Å². The molecule has 0 saturated carbocycles. The number of ketones is 1. The summed E-state index contributed by atoms with van der Waals surface area (Å²) in [5.74, 6) is -1.07. The minimum atomic E-state index is -0.554. The van der Waals surface area contributed by atoms with Crippen molar-refractivity contribution in [3.8, 4) is 5.69 Å². The highest BCUT2D eigenvalue weighted by Crippen LogP contribution is 2.19. The van der Waals surface area contributed by atoms with Gasteiger partial charge in [0, 0.05) is 31.9 Å². The maximum absolute atomic E-state index is 12.9. The van der Waals surface area contributed by atoms with Crippen LogP contribution in [0.1, 0.15) is 40.3 Å². The molecule has 1 aromatic carbocycles. The Kier molecular flexibility index (Phi) is 6.23. The molecule has 1 saturated heterocycles. The number of nitrogens with one attached hydrogen (secondary N) is 1. The van der Waals surface area contributed by atoms with Crippen LogP contribution in [0.15, 0.2) is 54.7 Å². The van der Waals surface area contributed by atoms with Gasteiger partial charge in [-0.15, -0.1) is 0 Å². The Labute approximate surface area is 182 Å². The topological polar surface area (TPSA) is 80.1 Å². The Balaban J connectivity index is 1.36. The molecule has 1 aliphatic rings. The van der Waals surface area contributed by atoms with Crippen molar-refractivity contribution in [2.75, 3.05) is 13.1 Å². The zero-order chi connectivity index (χ0) is 21.8. The first kappa shape index (κ1) is 20.9. The number of hydrogen-bond acceptors (Lipinski definition) is 5. The predicted octanol–water partition coefficient (Wildman–Crippen LogP) is 2.85. The highest BCUT2D eigenvalue weighted by molar-refractivity contribution is 6.43. The Morgan fingerprint density at radius 3 is 2.42 bits per heavy atom. The van der Waals surface area contributed by atoms with Crippen LogP contribution < -0.4 is 5.32 Å². The summed E-state index contributed by atoms with van der Waals surface area (Å²) in [5.41, 5.74) is 3.53. The minimum absolute atomic E-state index is 0.00112. The third-order valence-corrected chi connectivity index (χ3v) is 5.76. The number of benzene rings is 1. The maximum atomic E-state index is 12.9. The van der Waals surface area contributed by atoms with Crippen LogP contribution in [0.2, 0.25) is 0 Å². The van der Waals surface area contributed by atoms with Gasteiger partial charge < -0.3 is 5.32 Å². The van der Waals surface area contributed by atoms with Crippen LogP contribution in [-0.2, 0) is 11.3 Å². The second-order valence-electron chi connectivity index (χ2n) is 7.97. The molecule has 0 aliphatic carbocycles. The van der Waals surface area contributed by atoms with E-state index < -0.39 is 11.7 Å². The lowest BCUT2D eigenvalue weighted by atomic mass is 10.0. The first-order valence-electron chi connectivity index (χ1n) is 10.6. The molecule has 0 bridgehead atoms. The molecular formula is C24H27N5O2. The summed E-state index contributed by atoms with van der Waals surface area (Å²) in [6.45, 7) is 6.11. The van der Waals surface area contributed by atoms with Gasteiger partial charge >= 0.3 is 0 Å². The van der Waals surface area contributed by atoms with Gasteiger partial charge in [-0.25, -0.2) is 4.68 Å². The van der Waals surface area contributed by atoms with Gasteiger partial charge in [0.05, 0.1) is 28.3 Å². The number of carbonyl (C=O) groups excluding carboxylic acids is 2. The lowest BCUT2D eigenvalue weighted by Gasteiger charge is -2.31. The first-order valence-corrected chi connectivity index (χ1v) is 10.6. The lowest BCUT2D eigenvalue weighted by molar-refractivity contribution is -0.118. The van der Waals surface area contributed by atoms with Gasteiger partial charge in [0.25, 0.3) is 11.7 Å². The monoisotopic (exact) mass is 417 g/mol. The second-order valence-corrected chi connectivity index (χ2v) is 7.97. The summed E-state index contributed by atoms with van der Waals surface area (Å²) in [6, 6.07) is 15.5. The summed E-state index contributed by atoms with van der Waals surface area (Å²) >= 11 is 0. The number of amides is 1. The standard InChI is InChI=1S/C24H27N5O2/c1-17-22(18(2)29(27-17)21-9-4-3-5-10-21)23(30)24(31)26-19-11-14-28(15-12-19)16-20-8-6-7-13-25-20/h3-10,13,19H,11-12,14-16H2,1-2H3,(H,26,31). The molecule has 4 rings (SSSR count). The van der Waals surface area contributed by atoms with Gasteiger partial charge in [-0.1, -0.05) is 24.3 Å². The second kappa shape index (κ2) is 9.22. The molecule has 7 nitrogen and oxygen atoms in total. The molecule has 1 aliphatic heterocycles. The summed E-state index contributed by atoms with van der Waals surface area (Å²) < 4.78 is 1.71. The molecule has 0 spiro atoms. The largest absolute Gasteiger partial charge is 0.346 e. The fourth-order valence-corrected chi connectivity index (χ4v) is 4.11. The van der Waals surface area contributed by atoms with E-state index in [9.17, 15) is 9.59 Å². The summed E-state index contributed by atoms with van der Waals surface area (Å²) in [4.78, 5) is 32.3. The van der Waals surface area contributed by atoms with Gasteiger partial charge in [-0.2, -0.15) is 5.10 Å². The molecule has 0 radical (unpaired) electrons. The fraction of sp³-hybridized carbons (Fsp3) is 0.333. The number of Topliss-reactive ketones (excluding diaryl/α,β-unsaturated/α-hetero) is 1. The third-order valence-electron chi connectivity index (χ3n) is 5.76. The third kappa shape index (κ3) is 4.72. The minimum Gasteiger partial charge on any atom is -0.346 e. The van der Waals surface area contributed by atoms with Gasteiger partial charge in [0.15, 0.2) is 0 Å². The van der Waals surface area contributed by atoms with Crippen LogP contribution in [-0.4, -0.2) is 50.5 Å². The lowest BCUT2D eigenvalue weighted by Crippen LogP contribution is -2.46. The molecule has 1 amide bonds. The quantitative estimate of drug-likeness (QED) is 0.493. The van der Waals surface area contributed by atoms with Crippen LogP contribution in [0.5, 0.6) is 0 Å². The first-order chi connectivity index (χ1) is 15.0. The molecule has 1 fully saturated rings. The molecule has 3 aromatic rings. The van der Waals surface area contributed by atoms with Crippen molar-refractivity contribution >= 4 is 11.7 Å². The van der Waals surface area contributed by atoms with Gasteiger partial charge in [0.2, 0.25) is 0 Å². The SMILES string of the molecule is Cc1nn(-c2ccccc2)c(C)c1C(=O)C(=O)NC1CCN(Cc2ccccn2)CC1. The maximum Gasteiger partial charge on any atom is 0.292 e. The highest BCUT2D eigenvalue weighted by Gasteiger charge is 2.28. The van der Waals surface area contributed by atoms with E-state index in [1.54, 1.807) is 17.8 Å². The smallest absolute Gasteiger partial charge is 0.292 e. The normalized spacial score (nSPS) is 15.0. The van der Waals surface area contributed by atoms with Crippen molar-refractivity contribution < 1.29 is 9.59 Å². The van der Waals surface area contributed by atoms with Gasteiger partial charge in [0.1, 0.15) is 0 Å². The Morgan fingerprint density at radius 1 is 1.03 bits per heavy atom. The van der Waals surface area contributed by atoms with Crippen molar-refractivity contribution in [3.05, 3.63) is 77.4 Å². The molecule has 31 heavy (non-hydrogen) atoms. The number of aromatic nitrogens is 3. The van der Waals surface area contributed by atoms with Crippen molar-refractivity contribution in [3.63, 3.8) is 0 Å². The highest BCUT2D eigenvalue weighted by atomic mass is 16.2. The van der Waals surface area contributed by atoms with Gasteiger partial charge in [-0.05, 0) is 51.0 Å². The van der Waals surface area contributed by atoms with E-state index >= 15 is 0 Å². The summed E-state index contributed by atoms with van der Waals surface area (Å²) in [6.07, 6.45) is 3.43. The van der Waals surface area contributed by atoms with Crippen LogP contribution >= 0.6 is 0 Å². The molecule has 3 heterocycles. The number of carbonyl (C=O) groups is 2. The van der Waals surface area contributed by atoms with E-state index in [1.165, 1.54) is 0 Å². The number of aryl methyl sites for hydroxylation is 1. The molecule has 7 heteroatoms. The molecule has 2 aromatic heterocycles. The average molecular weight is 418 g/mol. The molecule has 0 atom stereocenters. The number of piperidine rings is 1. The zero-order valence-corrected chi connectivity index (χ0v) is 17.9. The number of pyridine rings is 1. The number of likely N-dealkylation sites (tertiary alicyclic amines) is 1. The van der Waals surface area contributed by atoms with E-state index in [-0.39, 0.29) is 6.04 Å². The summed E-state index contributed by atoms with van der Waals surface area (Å²) in [7, 11) is 0. The van der Waals surface area contributed by atoms with Crippen LogP contribution in [0.3, 0.4) is 0 Å². The summed E-state index contributed by atoms with van der Waals surface area (Å²) in [5, 5.41) is 7.42. The van der Waals surface area contributed by atoms with E-state index in [2.05, 4.69) is 20.3 Å². The van der Waals surface area contributed by atoms with Gasteiger partial charge in [-0.3, -0.25) is 19.5 Å². The zero-order valence-electron chi connectivity index (χ0n) is 17.9. The van der Waals surface area contributed by atoms with Crippen molar-refractivity contribution in [2.45, 2.75) is 39.3 Å². The van der Waals surface area contributed by atoms with E-state index in [0.717, 1.165) is 43.9 Å². The van der Waals surface area contributed by atoms with E-state index in [1.807, 2.05) is 55.5 Å². The molecule has 0 unspecified atom stereocenters. The number of hydrogen-bond donors (Lipinski definition) is 1. The number of nitrogens with zero attached hydrogens (tertiary/aromatic N) is 4. The Morgan fingerprint density at radius 2 is 1.74 bits per heavy atom. The Hall–Kier alpha value is -3.32. The molecule has 160 valence electrons.